The predicted octanol–water partition coefficient (Wildman–Crippen LogP) is 2.21. The van der Waals surface area contributed by atoms with Gasteiger partial charge >= 0.3 is 6.09 Å². The van der Waals surface area contributed by atoms with Crippen LogP contribution in [-0.2, 0) is 6.42 Å². The number of rotatable bonds is 1. The smallest absolute Gasteiger partial charge is 0.405 e. The van der Waals surface area contributed by atoms with Crippen molar-refractivity contribution < 1.29 is 14.7 Å². The molecule has 0 aromatic heterocycles. The van der Waals surface area contributed by atoms with Crippen LogP contribution in [0.25, 0.3) is 0 Å². The number of hydrogen-bond donors (Lipinski definition) is 2. The van der Waals surface area contributed by atoms with E-state index in [-0.39, 0.29) is 5.78 Å². The van der Waals surface area contributed by atoms with E-state index in [1.165, 1.54) is 0 Å². The molecule has 0 aliphatic heterocycles. The number of halogens is 1. The van der Waals surface area contributed by atoms with Crippen molar-refractivity contribution in [3.05, 3.63) is 33.8 Å². The zero-order valence-electron chi connectivity index (χ0n) is 8.37. The standard InChI is InChI=1S/C11H10BrNO3/c12-7-3-1-6-2-4-9(13-11(15)16)10(14)8(6)5-7/h1,3,5,9,13H,2,4H2,(H,15,16)/t9-/m1/s1. The quantitative estimate of drug-likeness (QED) is 0.831. The van der Waals surface area contributed by atoms with Crippen molar-refractivity contribution in [2.24, 2.45) is 0 Å². The van der Waals surface area contributed by atoms with Gasteiger partial charge in [-0.2, -0.15) is 0 Å². The first-order chi connectivity index (χ1) is 7.58. The fourth-order valence-electron chi connectivity index (χ4n) is 1.90. The van der Waals surface area contributed by atoms with Crippen LogP contribution in [0.3, 0.4) is 0 Å². The van der Waals surface area contributed by atoms with Crippen LogP contribution in [0.2, 0.25) is 0 Å². The molecule has 0 spiro atoms. The fraction of sp³-hybridized carbons (Fsp3) is 0.273. The van der Waals surface area contributed by atoms with Crippen molar-refractivity contribution in [3.8, 4) is 0 Å². The van der Waals surface area contributed by atoms with E-state index in [9.17, 15) is 9.59 Å². The van der Waals surface area contributed by atoms with E-state index < -0.39 is 12.1 Å². The topological polar surface area (TPSA) is 66.4 Å². The van der Waals surface area contributed by atoms with E-state index in [1.54, 1.807) is 6.07 Å². The molecule has 0 unspecified atom stereocenters. The summed E-state index contributed by atoms with van der Waals surface area (Å²) in [5, 5.41) is 10.9. The van der Waals surface area contributed by atoms with E-state index >= 15 is 0 Å². The van der Waals surface area contributed by atoms with Gasteiger partial charge in [0, 0.05) is 10.0 Å². The molecule has 0 saturated carbocycles. The molecular formula is C11H10BrNO3. The Morgan fingerprint density at radius 3 is 2.94 bits per heavy atom. The van der Waals surface area contributed by atoms with Crippen molar-refractivity contribution in [3.63, 3.8) is 0 Å². The fourth-order valence-corrected chi connectivity index (χ4v) is 2.26. The summed E-state index contributed by atoms with van der Waals surface area (Å²) in [4.78, 5) is 22.5. The highest BCUT2D eigenvalue weighted by Gasteiger charge is 2.28. The third kappa shape index (κ3) is 2.09. The van der Waals surface area contributed by atoms with Gasteiger partial charge in [-0.25, -0.2) is 4.79 Å². The number of ketones is 1. The van der Waals surface area contributed by atoms with Gasteiger partial charge in [0.1, 0.15) is 0 Å². The van der Waals surface area contributed by atoms with Gasteiger partial charge in [-0.15, -0.1) is 0 Å². The summed E-state index contributed by atoms with van der Waals surface area (Å²) in [6, 6.07) is 4.91. The molecule has 2 rings (SSSR count). The van der Waals surface area contributed by atoms with Gasteiger partial charge < -0.3 is 10.4 Å². The predicted molar refractivity (Wildman–Crippen MR) is 61.7 cm³/mol. The lowest BCUT2D eigenvalue weighted by molar-refractivity contribution is 0.0921. The Kier molecular flexibility index (Phi) is 2.96. The van der Waals surface area contributed by atoms with Crippen LogP contribution in [-0.4, -0.2) is 23.0 Å². The SMILES string of the molecule is O=C(O)N[C@@H]1CCc2ccc(Br)cc2C1=O. The Labute approximate surface area is 101 Å². The zero-order valence-corrected chi connectivity index (χ0v) is 9.95. The molecule has 16 heavy (non-hydrogen) atoms. The first-order valence-corrected chi connectivity index (χ1v) is 5.69. The first-order valence-electron chi connectivity index (χ1n) is 4.90. The van der Waals surface area contributed by atoms with Crippen LogP contribution in [0, 0.1) is 0 Å². The summed E-state index contributed by atoms with van der Waals surface area (Å²) in [5.41, 5.74) is 1.59. The lowest BCUT2D eigenvalue weighted by Gasteiger charge is -2.23. The maximum absolute atomic E-state index is 12.0. The Morgan fingerprint density at radius 2 is 2.25 bits per heavy atom. The van der Waals surface area contributed by atoms with E-state index in [0.29, 0.717) is 12.0 Å². The number of carbonyl (C=O) groups excluding carboxylic acids is 1. The molecule has 0 fully saturated rings. The lowest BCUT2D eigenvalue weighted by atomic mass is 9.87. The number of carbonyl (C=O) groups is 2. The summed E-state index contributed by atoms with van der Waals surface area (Å²) >= 11 is 3.30. The van der Waals surface area contributed by atoms with E-state index in [2.05, 4.69) is 21.2 Å². The van der Waals surface area contributed by atoms with Crippen LogP contribution < -0.4 is 5.32 Å². The Balaban J connectivity index is 2.30. The molecule has 0 heterocycles. The van der Waals surface area contributed by atoms with Gasteiger partial charge in [0.05, 0.1) is 6.04 Å². The number of Topliss-reactive ketones (excluding diaryl/α,β-unsaturated/α-hetero) is 1. The largest absolute Gasteiger partial charge is 0.465 e. The van der Waals surface area contributed by atoms with E-state index in [1.807, 2.05) is 12.1 Å². The van der Waals surface area contributed by atoms with E-state index in [4.69, 9.17) is 5.11 Å². The average molecular weight is 284 g/mol. The zero-order chi connectivity index (χ0) is 11.7. The highest BCUT2D eigenvalue weighted by molar-refractivity contribution is 9.10. The molecule has 1 amide bonds. The second kappa shape index (κ2) is 4.25. The average Bonchev–Trinajstić information content (AvgIpc) is 2.22. The molecule has 1 aromatic rings. The van der Waals surface area contributed by atoms with Crippen LogP contribution in [0.15, 0.2) is 22.7 Å². The highest BCUT2D eigenvalue weighted by atomic mass is 79.9. The molecule has 2 N–H and O–H groups in total. The molecule has 4 nitrogen and oxygen atoms in total. The molecular weight excluding hydrogens is 274 g/mol. The Bertz CT molecular complexity index is 459. The summed E-state index contributed by atoms with van der Waals surface area (Å²) in [6.45, 7) is 0. The second-order valence-electron chi connectivity index (χ2n) is 3.71. The molecule has 0 saturated heterocycles. The van der Waals surface area contributed by atoms with Crippen molar-refractivity contribution >= 4 is 27.8 Å². The number of fused-ring (bicyclic) bond motifs is 1. The Morgan fingerprint density at radius 1 is 1.50 bits per heavy atom. The number of hydrogen-bond acceptors (Lipinski definition) is 2. The number of aryl methyl sites for hydroxylation is 1. The van der Waals surface area contributed by atoms with Crippen LogP contribution in [0.1, 0.15) is 22.3 Å². The molecule has 84 valence electrons. The van der Waals surface area contributed by atoms with Crippen molar-refractivity contribution in [2.45, 2.75) is 18.9 Å². The first kappa shape index (κ1) is 11.1. The summed E-state index contributed by atoms with van der Waals surface area (Å²) in [6.07, 6.45) is 0.0933. The summed E-state index contributed by atoms with van der Waals surface area (Å²) < 4.78 is 0.829. The van der Waals surface area contributed by atoms with E-state index in [0.717, 1.165) is 16.5 Å². The second-order valence-corrected chi connectivity index (χ2v) is 4.62. The molecule has 1 atom stereocenters. The third-order valence-electron chi connectivity index (χ3n) is 2.65. The molecule has 1 aromatic carbocycles. The van der Waals surface area contributed by atoms with Crippen LogP contribution >= 0.6 is 15.9 Å². The number of benzene rings is 1. The monoisotopic (exact) mass is 283 g/mol. The van der Waals surface area contributed by atoms with Gasteiger partial charge in [-0.3, -0.25) is 4.79 Å². The van der Waals surface area contributed by atoms with Crippen LogP contribution in [0.5, 0.6) is 0 Å². The number of carboxylic acid groups (broad SMARTS) is 1. The molecule has 0 bridgehead atoms. The number of amides is 1. The molecule has 1 aliphatic rings. The summed E-state index contributed by atoms with van der Waals surface area (Å²) in [7, 11) is 0. The minimum absolute atomic E-state index is 0.148. The van der Waals surface area contributed by atoms with Gasteiger partial charge in [0.2, 0.25) is 0 Å². The van der Waals surface area contributed by atoms with Crippen molar-refractivity contribution in [2.75, 3.05) is 0 Å². The maximum atomic E-state index is 12.0. The molecule has 0 radical (unpaired) electrons. The third-order valence-corrected chi connectivity index (χ3v) is 3.15. The minimum atomic E-state index is -1.16. The molecule has 1 aliphatic carbocycles. The number of nitrogens with one attached hydrogen (secondary N) is 1. The lowest BCUT2D eigenvalue weighted by Crippen LogP contribution is -2.42. The summed E-state index contributed by atoms with van der Waals surface area (Å²) in [5.74, 6) is -0.148. The minimum Gasteiger partial charge on any atom is -0.465 e. The molecule has 5 heteroatoms. The van der Waals surface area contributed by atoms with Gasteiger partial charge in [-0.05, 0) is 30.5 Å². The Hall–Kier alpha value is -1.36. The maximum Gasteiger partial charge on any atom is 0.405 e. The van der Waals surface area contributed by atoms with Gasteiger partial charge in [0.25, 0.3) is 0 Å². The normalized spacial score (nSPS) is 19.1. The van der Waals surface area contributed by atoms with Crippen LogP contribution in [0.4, 0.5) is 4.79 Å². The van der Waals surface area contributed by atoms with Crippen molar-refractivity contribution in [1.82, 2.24) is 5.32 Å². The van der Waals surface area contributed by atoms with Gasteiger partial charge in [-0.1, -0.05) is 22.0 Å². The van der Waals surface area contributed by atoms with Gasteiger partial charge in [0.15, 0.2) is 5.78 Å². The van der Waals surface area contributed by atoms with Crippen molar-refractivity contribution in [1.29, 1.82) is 0 Å². The highest BCUT2D eigenvalue weighted by Crippen LogP contribution is 2.24.